The molecule has 0 aliphatic rings. The lowest BCUT2D eigenvalue weighted by Crippen LogP contribution is -2.32. The second kappa shape index (κ2) is 7.42. The van der Waals surface area contributed by atoms with Gasteiger partial charge < -0.3 is 10.2 Å². The summed E-state index contributed by atoms with van der Waals surface area (Å²) in [6.45, 7) is 1.94. The molecule has 0 unspecified atom stereocenters. The van der Waals surface area contributed by atoms with Gasteiger partial charge in [-0.1, -0.05) is 24.9 Å². The lowest BCUT2D eigenvalue weighted by molar-refractivity contribution is -0.136. The summed E-state index contributed by atoms with van der Waals surface area (Å²) in [7, 11) is 0. The van der Waals surface area contributed by atoms with Crippen LogP contribution >= 0.6 is 24.0 Å². The smallest absolute Gasteiger partial charge is 0.303 e. The van der Waals surface area contributed by atoms with E-state index in [1.165, 1.54) is 10.8 Å². The van der Waals surface area contributed by atoms with E-state index in [0.29, 0.717) is 12.1 Å². The minimum atomic E-state index is -1.07. The fourth-order valence-corrected chi connectivity index (χ4v) is 2.38. The Balaban J connectivity index is 0.00000242. The van der Waals surface area contributed by atoms with Crippen molar-refractivity contribution >= 4 is 41.4 Å². The van der Waals surface area contributed by atoms with Crippen LogP contribution in [0.3, 0.4) is 0 Å². The molecule has 0 radical (unpaired) electrons. The van der Waals surface area contributed by atoms with Crippen LogP contribution in [0.1, 0.15) is 31.9 Å². The Kier molecular flexibility index (Phi) is 6.13. The molecule has 9 heteroatoms. The molecule has 22 heavy (non-hydrogen) atoms. The molecule has 0 aliphatic carbocycles. The molecule has 0 aliphatic heterocycles. The number of halogens is 2. The van der Waals surface area contributed by atoms with Crippen molar-refractivity contribution in [1.82, 2.24) is 14.6 Å². The molecule has 0 bridgehead atoms. The van der Waals surface area contributed by atoms with Crippen molar-refractivity contribution in [1.29, 1.82) is 0 Å². The van der Waals surface area contributed by atoms with Gasteiger partial charge in [-0.15, -0.1) is 12.4 Å². The van der Waals surface area contributed by atoms with E-state index in [4.69, 9.17) is 16.7 Å². The number of aliphatic hydroxyl groups excluding tert-OH is 1. The first-order valence-electron chi connectivity index (χ1n) is 6.45. The molecule has 0 fully saturated rings. The number of carboxylic acids is 1. The van der Waals surface area contributed by atoms with Crippen molar-refractivity contribution < 1.29 is 15.0 Å². The summed E-state index contributed by atoms with van der Waals surface area (Å²) >= 11 is 6.08. The van der Waals surface area contributed by atoms with Gasteiger partial charge in [-0.2, -0.15) is 5.10 Å². The average molecular weight is 348 g/mol. The number of hydrogen-bond acceptors (Lipinski definition) is 5. The van der Waals surface area contributed by atoms with Crippen molar-refractivity contribution in [2.45, 2.75) is 32.6 Å². The van der Waals surface area contributed by atoms with Gasteiger partial charge in [0.15, 0.2) is 5.65 Å². The number of rotatable bonds is 5. The highest BCUT2D eigenvalue weighted by Crippen LogP contribution is 2.13. The molecule has 2 aromatic heterocycles. The van der Waals surface area contributed by atoms with Gasteiger partial charge >= 0.3 is 5.97 Å². The van der Waals surface area contributed by atoms with Crippen LogP contribution < -0.4 is 10.6 Å². The van der Waals surface area contributed by atoms with Gasteiger partial charge in [0.05, 0.1) is 12.1 Å². The Bertz CT molecular complexity index is 804. The highest BCUT2D eigenvalue weighted by molar-refractivity contribution is 6.31. The molecule has 0 aromatic carbocycles. The summed E-state index contributed by atoms with van der Waals surface area (Å²) in [5.74, 6) is -1.41. The van der Waals surface area contributed by atoms with Crippen LogP contribution in [0.25, 0.3) is 11.4 Å². The number of pyridine rings is 1. The predicted molar refractivity (Wildman–Crippen MR) is 83.6 cm³/mol. The zero-order valence-electron chi connectivity index (χ0n) is 11.7. The minimum absolute atomic E-state index is 0. The Morgan fingerprint density at radius 1 is 1.36 bits per heavy atom. The monoisotopic (exact) mass is 347 g/mol. The fraction of sp³-hybridized carbons (Fsp3) is 0.385. The maximum Gasteiger partial charge on any atom is 0.303 e. The van der Waals surface area contributed by atoms with Crippen LogP contribution in [-0.4, -0.2) is 30.8 Å². The quantitative estimate of drug-likeness (QED) is 0.846. The Morgan fingerprint density at radius 3 is 2.64 bits per heavy atom. The average Bonchev–Trinajstić information content (AvgIpc) is 2.90. The second-order valence-corrected chi connectivity index (χ2v) is 4.93. The van der Waals surface area contributed by atoms with E-state index >= 15 is 0 Å². The number of aromatic nitrogens is 3. The predicted octanol–water partition coefficient (Wildman–Crippen LogP) is 1.37. The molecule has 0 atom stereocenters. The van der Waals surface area contributed by atoms with E-state index in [2.05, 4.69) is 10.1 Å². The van der Waals surface area contributed by atoms with Crippen LogP contribution in [0.2, 0.25) is 5.02 Å². The number of aryl methyl sites for hydroxylation is 1. The van der Waals surface area contributed by atoms with Crippen molar-refractivity contribution in [2.75, 3.05) is 0 Å². The number of aliphatic hydroxyl groups is 1. The van der Waals surface area contributed by atoms with Gasteiger partial charge in [-0.05, 0) is 6.42 Å². The summed E-state index contributed by atoms with van der Waals surface area (Å²) in [4.78, 5) is 26.9. The zero-order chi connectivity index (χ0) is 15.6. The SMILES string of the molecule is CCCc1c(Cl)c(=O)c(=C(O)CCC(=O)O)c2ncnn12.Cl. The van der Waals surface area contributed by atoms with Gasteiger partial charge in [0.25, 0.3) is 0 Å². The van der Waals surface area contributed by atoms with Crippen LogP contribution in [0.4, 0.5) is 0 Å². The number of carbonyl (C=O) groups is 1. The van der Waals surface area contributed by atoms with Crippen molar-refractivity contribution in [3.63, 3.8) is 0 Å². The minimum Gasteiger partial charge on any atom is -0.511 e. The van der Waals surface area contributed by atoms with Crippen molar-refractivity contribution in [3.8, 4) is 0 Å². The molecule has 2 rings (SSSR count). The number of aliphatic carboxylic acids is 1. The lowest BCUT2D eigenvalue weighted by atomic mass is 10.1. The Hall–Kier alpha value is -1.86. The van der Waals surface area contributed by atoms with Crippen molar-refractivity contribution in [3.05, 3.63) is 32.5 Å². The lowest BCUT2D eigenvalue weighted by Gasteiger charge is -2.06. The number of carboxylic acid groups (broad SMARTS) is 1. The van der Waals surface area contributed by atoms with E-state index in [0.717, 1.165) is 6.42 Å². The standard InChI is InChI=1S/C13H14ClN3O4.ClH/c1-2-3-7-11(14)12(21)10(8(18)4-5-9(19)20)13-15-6-16-17(7)13;/h6,18H,2-5H2,1H3,(H,19,20);1H. The second-order valence-electron chi connectivity index (χ2n) is 4.55. The number of hydrogen-bond donors (Lipinski definition) is 2. The third kappa shape index (κ3) is 3.31. The first-order valence-corrected chi connectivity index (χ1v) is 6.83. The van der Waals surface area contributed by atoms with Crippen LogP contribution in [0, 0.1) is 0 Å². The van der Waals surface area contributed by atoms with Crippen LogP contribution in [-0.2, 0) is 11.2 Å². The molecule has 0 amide bonds. The molecule has 2 aromatic rings. The van der Waals surface area contributed by atoms with Gasteiger partial charge in [0, 0.05) is 6.42 Å². The summed E-state index contributed by atoms with van der Waals surface area (Å²) in [5, 5.41) is 22.6. The molecule has 2 heterocycles. The molecule has 0 saturated heterocycles. The fourth-order valence-electron chi connectivity index (χ4n) is 2.11. The van der Waals surface area contributed by atoms with Crippen LogP contribution in [0.5, 0.6) is 0 Å². The Morgan fingerprint density at radius 2 is 2.05 bits per heavy atom. The van der Waals surface area contributed by atoms with Gasteiger partial charge in [0.2, 0.25) is 5.43 Å². The number of fused-ring (bicyclic) bond motifs is 1. The highest BCUT2D eigenvalue weighted by Gasteiger charge is 2.17. The third-order valence-electron chi connectivity index (χ3n) is 3.06. The molecule has 0 spiro atoms. The normalized spacial score (nSPS) is 12.1. The van der Waals surface area contributed by atoms with E-state index in [-0.39, 0.29) is 46.9 Å². The van der Waals surface area contributed by atoms with Crippen LogP contribution in [0.15, 0.2) is 11.1 Å². The third-order valence-corrected chi connectivity index (χ3v) is 3.45. The summed E-state index contributed by atoms with van der Waals surface area (Å²) in [5.41, 5.74) is 0.172. The van der Waals surface area contributed by atoms with E-state index < -0.39 is 11.4 Å². The number of nitrogens with zero attached hydrogens (tertiary/aromatic N) is 3. The molecule has 7 nitrogen and oxygen atoms in total. The molecular formula is C13H15Cl2N3O4. The molecule has 0 saturated carbocycles. The topological polar surface area (TPSA) is 105 Å². The molecular weight excluding hydrogens is 333 g/mol. The first kappa shape index (κ1) is 18.2. The van der Waals surface area contributed by atoms with Gasteiger partial charge in [0.1, 0.15) is 22.3 Å². The van der Waals surface area contributed by atoms with Gasteiger partial charge in [-0.25, -0.2) is 9.50 Å². The van der Waals surface area contributed by atoms with E-state index in [1.807, 2.05) is 6.92 Å². The summed E-state index contributed by atoms with van der Waals surface area (Å²) in [6, 6.07) is 0. The Labute approximate surface area is 136 Å². The molecule has 120 valence electrons. The maximum atomic E-state index is 12.3. The maximum absolute atomic E-state index is 12.3. The van der Waals surface area contributed by atoms with E-state index in [1.54, 1.807) is 0 Å². The zero-order valence-corrected chi connectivity index (χ0v) is 13.3. The highest BCUT2D eigenvalue weighted by atomic mass is 35.5. The van der Waals surface area contributed by atoms with E-state index in [9.17, 15) is 14.7 Å². The summed E-state index contributed by atoms with van der Waals surface area (Å²) in [6.07, 6.45) is 2.11. The summed E-state index contributed by atoms with van der Waals surface area (Å²) < 4.78 is 1.42. The largest absolute Gasteiger partial charge is 0.511 e. The molecule has 2 N–H and O–H groups in total. The van der Waals surface area contributed by atoms with Gasteiger partial charge in [-0.3, -0.25) is 9.59 Å². The first-order chi connectivity index (χ1) is 9.97. The van der Waals surface area contributed by atoms with Crippen molar-refractivity contribution in [2.24, 2.45) is 0 Å².